The minimum atomic E-state index is -3.88. The van der Waals surface area contributed by atoms with Gasteiger partial charge in [-0.3, -0.25) is 24.0 Å². The van der Waals surface area contributed by atoms with E-state index >= 15 is 0 Å². The van der Waals surface area contributed by atoms with Crippen molar-refractivity contribution in [3.05, 3.63) is 76.0 Å². The molecule has 1 fully saturated rings. The van der Waals surface area contributed by atoms with Crippen LogP contribution in [-0.2, 0) is 23.6 Å². The van der Waals surface area contributed by atoms with Gasteiger partial charge in [-0.05, 0) is 84.6 Å². The largest absolute Gasteiger partial charge is 0.462 e. The highest BCUT2D eigenvalue weighted by molar-refractivity contribution is 7.54. The Labute approximate surface area is 343 Å². The molecule has 1 aromatic heterocycles. The summed E-state index contributed by atoms with van der Waals surface area (Å²) in [5.41, 5.74) is -1.20. The number of para-hydroxylation sites is 1. The lowest BCUT2D eigenvalue weighted by Gasteiger charge is -2.37. The third-order valence-electron chi connectivity index (χ3n) is 8.74. The second kappa shape index (κ2) is 19.5. The molecule has 57 heavy (non-hydrogen) atoms. The topological polar surface area (TPSA) is 187 Å². The molecular formula is C39H51Cl2N6O9P. The molecule has 3 N–H and O–H groups in total. The summed E-state index contributed by atoms with van der Waals surface area (Å²) in [5.74, 6) is -4.09. The Morgan fingerprint density at radius 2 is 1.53 bits per heavy atom. The summed E-state index contributed by atoms with van der Waals surface area (Å²) in [4.78, 5) is 66.8. The molecule has 1 aliphatic rings. The van der Waals surface area contributed by atoms with E-state index in [-0.39, 0.29) is 58.5 Å². The summed E-state index contributed by atoms with van der Waals surface area (Å²) in [6.45, 7) is 14.1. The second-order valence-corrected chi connectivity index (χ2v) is 18.2. The van der Waals surface area contributed by atoms with Crippen LogP contribution in [-0.4, -0.2) is 81.0 Å². The fourth-order valence-electron chi connectivity index (χ4n) is 5.94. The van der Waals surface area contributed by atoms with Gasteiger partial charge in [-0.2, -0.15) is 5.10 Å². The molecule has 2 aromatic carbocycles. The zero-order chi connectivity index (χ0) is 42.2. The van der Waals surface area contributed by atoms with E-state index in [1.54, 1.807) is 96.5 Å². The molecule has 0 bridgehead atoms. The quantitative estimate of drug-likeness (QED) is 0.102. The zero-order valence-electron chi connectivity index (χ0n) is 33.3. The van der Waals surface area contributed by atoms with Crippen LogP contribution in [0.1, 0.15) is 100 Å². The smallest absolute Gasteiger partial charge is 0.393 e. The predicted octanol–water partition coefficient (Wildman–Crippen LogP) is 7.40. The molecule has 310 valence electrons. The van der Waals surface area contributed by atoms with E-state index in [1.807, 2.05) is 0 Å². The Morgan fingerprint density at radius 1 is 0.912 bits per heavy atom. The number of carbonyl (C=O) groups excluding carboxylic acids is 5. The highest BCUT2D eigenvalue weighted by Crippen LogP contribution is 2.49. The number of nitrogens with one attached hydrogen (secondary N) is 3. The van der Waals surface area contributed by atoms with Crippen LogP contribution in [0.5, 0.6) is 5.75 Å². The van der Waals surface area contributed by atoms with Gasteiger partial charge >= 0.3 is 19.6 Å². The van der Waals surface area contributed by atoms with Gasteiger partial charge in [-0.1, -0.05) is 61.3 Å². The first kappa shape index (κ1) is 45.4. The predicted molar refractivity (Wildman–Crippen MR) is 217 cm³/mol. The Morgan fingerprint density at radius 3 is 2.09 bits per heavy atom. The van der Waals surface area contributed by atoms with E-state index in [0.29, 0.717) is 18.6 Å². The lowest BCUT2D eigenvalue weighted by molar-refractivity contribution is -0.156. The van der Waals surface area contributed by atoms with Gasteiger partial charge in [0, 0.05) is 19.1 Å². The Hall–Kier alpha value is -4.27. The number of benzene rings is 2. The van der Waals surface area contributed by atoms with Crippen molar-refractivity contribution >= 4 is 66.2 Å². The van der Waals surface area contributed by atoms with Crippen molar-refractivity contribution in [2.45, 2.75) is 98.4 Å². The summed E-state index contributed by atoms with van der Waals surface area (Å²) in [6.07, 6.45) is 1.21. The molecule has 3 atom stereocenters. The number of nitrogens with zero attached hydrogens (tertiary/aromatic N) is 3. The molecule has 1 unspecified atom stereocenters. The second-order valence-electron chi connectivity index (χ2n) is 15.3. The molecule has 2 amide bonds. The van der Waals surface area contributed by atoms with Crippen molar-refractivity contribution < 1.29 is 42.5 Å². The van der Waals surface area contributed by atoms with Crippen LogP contribution in [0.4, 0.5) is 5.69 Å². The standard InChI is InChI=1S/C39H51Cl2N6O9P/c1-23(2)28(21-32(48)55-39(6,7)8)37(51)47-22-31(43-35(49)33-29(40)15-12-16-30(33)41)34(44-47)36(50)42-26-17-19-46(20-18-26)57(53,56-27-13-10-9-11-14-27)45-25(5)38(52)54-24(3)4/h9-16,22-26,28H,17-21H2,1-8H3,(H,42,50)(H,43,49)(H,45,53)/t25-,28-,57?/m0/s1. The Bertz CT molecular complexity index is 1960. The average Bonchev–Trinajstić information content (AvgIpc) is 3.53. The highest BCUT2D eigenvalue weighted by Gasteiger charge is 2.40. The van der Waals surface area contributed by atoms with Gasteiger partial charge in [0.25, 0.3) is 17.7 Å². The number of aromatic nitrogens is 2. The fraction of sp³-hybridized carbons (Fsp3) is 0.487. The van der Waals surface area contributed by atoms with Crippen LogP contribution >= 0.6 is 30.9 Å². The molecular weight excluding hydrogens is 798 g/mol. The van der Waals surface area contributed by atoms with E-state index in [9.17, 15) is 28.5 Å². The van der Waals surface area contributed by atoms with Crippen LogP contribution in [0.25, 0.3) is 0 Å². The van der Waals surface area contributed by atoms with Gasteiger partial charge in [0.15, 0.2) is 5.69 Å². The van der Waals surface area contributed by atoms with E-state index in [2.05, 4.69) is 20.8 Å². The summed E-state index contributed by atoms with van der Waals surface area (Å²) >= 11 is 12.6. The van der Waals surface area contributed by atoms with E-state index in [1.165, 1.54) is 18.3 Å². The molecule has 18 heteroatoms. The molecule has 0 spiro atoms. The van der Waals surface area contributed by atoms with Gasteiger partial charge in [-0.25, -0.2) is 19.0 Å². The van der Waals surface area contributed by atoms with Gasteiger partial charge in [0.1, 0.15) is 17.4 Å². The van der Waals surface area contributed by atoms with Crippen molar-refractivity contribution in [2.24, 2.45) is 11.8 Å². The summed E-state index contributed by atoms with van der Waals surface area (Å²) in [6, 6.07) is 11.7. The number of ether oxygens (including phenoxy) is 2. The maximum atomic E-state index is 14.5. The normalized spacial score (nSPS) is 16.0. The molecule has 0 aliphatic carbocycles. The van der Waals surface area contributed by atoms with E-state index < -0.39 is 60.9 Å². The zero-order valence-corrected chi connectivity index (χ0v) is 35.7. The summed E-state index contributed by atoms with van der Waals surface area (Å²) in [5, 5.41) is 12.9. The number of esters is 2. The van der Waals surface area contributed by atoms with Gasteiger partial charge < -0.3 is 24.6 Å². The third-order valence-corrected chi connectivity index (χ3v) is 11.7. The molecule has 4 rings (SSSR count). The van der Waals surface area contributed by atoms with Crippen molar-refractivity contribution in [1.82, 2.24) is 24.9 Å². The van der Waals surface area contributed by atoms with Crippen LogP contribution in [0.2, 0.25) is 10.0 Å². The number of anilines is 1. The number of hydrogen-bond acceptors (Lipinski definition) is 10. The van der Waals surface area contributed by atoms with Crippen LogP contribution in [0, 0.1) is 11.8 Å². The third kappa shape index (κ3) is 12.6. The molecule has 1 saturated heterocycles. The molecule has 0 saturated carbocycles. The number of halogens is 2. The minimum Gasteiger partial charge on any atom is -0.462 e. The first-order valence-electron chi connectivity index (χ1n) is 18.7. The number of amides is 2. The molecule has 2 heterocycles. The molecule has 15 nitrogen and oxygen atoms in total. The monoisotopic (exact) mass is 848 g/mol. The Kier molecular flexibility index (Phi) is 15.5. The molecule has 0 radical (unpaired) electrons. The first-order chi connectivity index (χ1) is 26.7. The maximum Gasteiger partial charge on any atom is 0.393 e. The fourth-order valence-corrected chi connectivity index (χ4v) is 8.60. The van der Waals surface area contributed by atoms with Gasteiger partial charge in [0.05, 0.1) is 45.9 Å². The summed E-state index contributed by atoms with van der Waals surface area (Å²) < 4.78 is 33.8. The van der Waals surface area contributed by atoms with Crippen molar-refractivity contribution in [3.63, 3.8) is 0 Å². The van der Waals surface area contributed by atoms with Crippen LogP contribution in [0.15, 0.2) is 54.7 Å². The van der Waals surface area contributed by atoms with Gasteiger partial charge in [-0.15, -0.1) is 0 Å². The first-order valence-corrected chi connectivity index (χ1v) is 21.0. The Balaban J connectivity index is 1.57. The van der Waals surface area contributed by atoms with Crippen LogP contribution < -0.4 is 20.2 Å². The lowest BCUT2D eigenvalue weighted by Crippen LogP contribution is -2.47. The number of hydrogen-bond donors (Lipinski definition) is 3. The lowest BCUT2D eigenvalue weighted by atomic mass is 9.91. The van der Waals surface area contributed by atoms with Crippen LogP contribution in [0.3, 0.4) is 0 Å². The maximum absolute atomic E-state index is 14.5. The molecule has 1 aliphatic heterocycles. The average molecular weight is 850 g/mol. The number of rotatable bonds is 15. The van der Waals surface area contributed by atoms with E-state index in [4.69, 9.17) is 37.2 Å². The highest BCUT2D eigenvalue weighted by atomic mass is 35.5. The van der Waals surface area contributed by atoms with Crippen molar-refractivity contribution in [1.29, 1.82) is 0 Å². The number of carbonyl (C=O) groups is 5. The van der Waals surface area contributed by atoms with Crippen molar-refractivity contribution in [2.75, 3.05) is 18.4 Å². The number of piperidine rings is 1. The SMILES string of the molecule is CC(C)OC(=O)[C@H](C)NP(=O)(Oc1ccccc1)N1CCC(NC(=O)c2nn(C(=O)[C@@H](CC(=O)OC(C)(C)C)C(C)C)cc2NC(=O)c2c(Cl)cccc2Cl)CC1. The van der Waals surface area contributed by atoms with E-state index in [0.717, 1.165) is 4.68 Å². The summed E-state index contributed by atoms with van der Waals surface area (Å²) in [7, 11) is -3.88. The van der Waals surface area contributed by atoms with Gasteiger partial charge in [0.2, 0.25) is 0 Å². The molecule has 3 aromatic rings. The van der Waals surface area contributed by atoms with Crippen molar-refractivity contribution in [3.8, 4) is 5.75 Å². The minimum absolute atomic E-state index is 0.0498.